The highest BCUT2D eigenvalue weighted by Crippen LogP contribution is 2.36. The van der Waals surface area contributed by atoms with E-state index in [2.05, 4.69) is 26.1 Å². The van der Waals surface area contributed by atoms with Crippen molar-refractivity contribution in [1.29, 1.82) is 0 Å². The van der Waals surface area contributed by atoms with Crippen molar-refractivity contribution >= 4 is 0 Å². The maximum absolute atomic E-state index is 3.44. The zero-order valence-corrected chi connectivity index (χ0v) is 6.65. The molecule has 1 nitrogen and oxygen atoms in total. The lowest BCUT2D eigenvalue weighted by Crippen LogP contribution is -2.25. The molecule has 0 spiro atoms. The van der Waals surface area contributed by atoms with Gasteiger partial charge in [-0.25, -0.2) is 0 Å². The Labute approximate surface area is 57.8 Å². The van der Waals surface area contributed by atoms with Crippen molar-refractivity contribution in [3.63, 3.8) is 0 Å². The summed E-state index contributed by atoms with van der Waals surface area (Å²) in [6.07, 6.45) is 1.44. The van der Waals surface area contributed by atoms with Crippen LogP contribution in [0.4, 0.5) is 0 Å². The van der Waals surface area contributed by atoms with Crippen molar-refractivity contribution in [3.8, 4) is 0 Å². The molecule has 1 aliphatic rings. The molecule has 54 valence electrons. The second kappa shape index (κ2) is 2.70. The summed E-state index contributed by atoms with van der Waals surface area (Å²) in [7, 11) is 0. The topological polar surface area (TPSA) is 12.0 Å². The predicted octanol–water partition coefficient (Wildman–Crippen LogP) is 1.64. The van der Waals surface area contributed by atoms with Gasteiger partial charge in [-0.15, -0.1) is 0 Å². The number of hydrogen-bond donors (Lipinski definition) is 1. The van der Waals surface area contributed by atoms with Crippen LogP contribution in [0.5, 0.6) is 0 Å². The molecule has 0 aromatic rings. The molecule has 0 aliphatic heterocycles. The van der Waals surface area contributed by atoms with Crippen molar-refractivity contribution in [2.75, 3.05) is 6.54 Å². The SMILES string of the molecule is CC(C)NCC1CC1C. The van der Waals surface area contributed by atoms with E-state index in [9.17, 15) is 0 Å². The number of nitrogens with one attached hydrogen (secondary N) is 1. The van der Waals surface area contributed by atoms with E-state index in [1.54, 1.807) is 0 Å². The van der Waals surface area contributed by atoms with E-state index in [0.29, 0.717) is 6.04 Å². The Kier molecular flexibility index (Phi) is 2.12. The monoisotopic (exact) mass is 127 g/mol. The van der Waals surface area contributed by atoms with Gasteiger partial charge in [-0.1, -0.05) is 20.8 Å². The highest BCUT2D eigenvalue weighted by molar-refractivity contribution is 4.84. The molecule has 1 fully saturated rings. The van der Waals surface area contributed by atoms with Crippen LogP contribution in [0.1, 0.15) is 27.2 Å². The van der Waals surface area contributed by atoms with Crippen molar-refractivity contribution in [1.82, 2.24) is 5.32 Å². The Morgan fingerprint density at radius 1 is 1.56 bits per heavy atom. The second-order valence-corrected chi connectivity index (χ2v) is 3.54. The van der Waals surface area contributed by atoms with Gasteiger partial charge in [0.15, 0.2) is 0 Å². The molecular formula is C8H17N. The maximum Gasteiger partial charge on any atom is 0.00104 e. The van der Waals surface area contributed by atoms with Crippen molar-refractivity contribution in [3.05, 3.63) is 0 Å². The first kappa shape index (κ1) is 7.07. The fourth-order valence-electron chi connectivity index (χ4n) is 1.07. The van der Waals surface area contributed by atoms with Crippen molar-refractivity contribution in [2.24, 2.45) is 11.8 Å². The minimum atomic E-state index is 0.665. The highest BCUT2D eigenvalue weighted by atomic mass is 14.9. The van der Waals surface area contributed by atoms with Gasteiger partial charge in [0.1, 0.15) is 0 Å². The van der Waals surface area contributed by atoms with Gasteiger partial charge in [-0.05, 0) is 24.8 Å². The molecule has 1 saturated carbocycles. The minimum absolute atomic E-state index is 0.665. The van der Waals surface area contributed by atoms with E-state index in [4.69, 9.17) is 0 Å². The van der Waals surface area contributed by atoms with Crippen molar-refractivity contribution in [2.45, 2.75) is 33.2 Å². The smallest absolute Gasteiger partial charge is 0.00104 e. The maximum atomic E-state index is 3.44. The number of hydrogen-bond acceptors (Lipinski definition) is 1. The van der Waals surface area contributed by atoms with Gasteiger partial charge in [-0.3, -0.25) is 0 Å². The fourth-order valence-corrected chi connectivity index (χ4v) is 1.07. The molecule has 0 radical (unpaired) electrons. The average Bonchev–Trinajstić information content (AvgIpc) is 2.42. The molecule has 0 saturated heterocycles. The van der Waals surface area contributed by atoms with E-state index in [-0.39, 0.29) is 0 Å². The zero-order chi connectivity index (χ0) is 6.85. The summed E-state index contributed by atoms with van der Waals surface area (Å²) < 4.78 is 0. The zero-order valence-electron chi connectivity index (χ0n) is 6.65. The lowest BCUT2D eigenvalue weighted by atomic mass is 10.3. The van der Waals surface area contributed by atoms with Crippen LogP contribution in [0.25, 0.3) is 0 Å². The van der Waals surface area contributed by atoms with Gasteiger partial charge in [0, 0.05) is 6.04 Å². The summed E-state index contributed by atoms with van der Waals surface area (Å²) in [5.41, 5.74) is 0. The van der Waals surface area contributed by atoms with Gasteiger partial charge < -0.3 is 5.32 Å². The summed E-state index contributed by atoms with van der Waals surface area (Å²) >= 11 is 0. The largest absolute Gasteiger partial charge is 0.314 e. The Balaban J connectivity index is 1.94. The van der Waals surface area contributed by atoms with Crippen LogP contribution in [0, 0.1) is 11.8 Å². The third-order valence-corrected chi connectivity index (χ3v) is 2.06. The number of rotatable bonds is 3. The van der Waals surface area contributed by atoms with Crippen LogP contribution < -0.4 is 5.32 Å². The minimum Gasteiger partial charge on any atom is -0.314 e. The van der Waals surface area contributed by atoms with Crippen LogP contribution in [0.3, 0.4) is 0 Å². The molecular weight excluding hydrogens is 110 g/mol. The first-order chi connectivity index (χ1) is 4.20. The molecule has 0 amide bonds. The molecule has 0 aromatic heterocycles. The Bertz CT molecular complexity index is 88.6. The molecule has 1 heteroatoms. The van der Waals surface area contributed by atoms with E-state index in [0.717, 1.165) is 11.8 Å². The van der Waals surface area contributed by atoms with E-state index in [1.165, 1.54) is 13.0 Å². The molecule has 1 rings (SSSR count). The van der Waals surface area contributed by atoms with Gasteiger partial charge in [0.25, 0.3) is 0 Å². The summed E-state index contributed by atoms with van der Waals surface area (Å²) in [6.45, 7) is 7.96. The lowest BCUT2D eigenvalue weighted by Gasteiger charge is -2.05. The van der Waals surface area contributed by atoms with E-state index < -0.39 is 0 Å². The van der Waals surface area contributed by atoms with Crippen LogP contribution in [0.2, 0.25) is 0 Å². The Hall–Kier alpha value is -0.0400. The van der Waals surface area contributed by atoms with Crippen molar-refractivity contribution < 1.29 is 0 Å². The summed E-state index contributed by atoms with van der Waals surface area (Å²) in [6, 6.07) is 0.665. The molecule has 0 heterocycles. The van der Waals surface area contributed by atoms with Gasteiger partial charge in [-0.2, -0.15) is 0 Å². The third-order valence-electron chi connectivity index (χ3n) is 2.06. The van der Waals surface area contributed by atoms with Gasteiger partial charge >= 0.3 is 0 Å². The summed E-state index contributed by atoms with van der Waals surface area (Å²) in [4.78, 5) is 0. The molecule has 2 unspecified atom stereocenters. The highest BCUT2D eigenvalue weighted by Gasteiger charge is 2.31. The molecule has 1 N–H and O–H groups in total. The lowest BCUT2D eigenvalue weighted by molar-refractivity contribution is 0.546. The Morgan fingerprint density at radius 3 is 2.44 bits per heavy atom. The first-order valence-corrected chi connectivity index (χ1v) is 3.93. The fraction of sp³-hybridized carbons (Fsp3) is 1.00. The quantitative estimate of drug-likeness (QED) is 0.607. The van der Waals surface area contributed by atoms with Gasteiger partial charge in [0.05, 0.1) is 0 Å². The summed E-state index contributed by atoms with van der Waals surface area (Å²) in [5.74, 6) is 1.99. The van der Waals surface area contributed by atoms with Crippen LogP contribution in [-0.2, 0) is 0 Å². The predicted molar refractivity (Wildman–Crippen MR) is 40.4 cm³/mol. The normalized spacial score (nSPS) is 33.3. The Morgan fingerprint density at radius 2 is 2.11 bits per heavy atom. The third kappa shape index (κ3) is 2.35. The van der Waals surface area contributed by atoms with Crippen LogP contribution in [0.15, 0.2) is 0 Å². The molecule has 0 bridgehead atoms. The van der Waals surface area contributed by atoms with Crippen LogP contribution in [-0.4, -0.2) is 12.6 Å². The van der Waals surface area contributed by atoms with Crippen LogP contribution >= 0.6 is 0 Å². The molecule has 2 atom stereocenters. The standard InChI is InChI=1S/C8H17N/c1-6(2)9-5-8-4-7(8)3/h6-9H,4-5H2,1-3H3. The second-order valence-electron chi connectivity index (χ2n) is 3.54. The molecule has 0 aromatic carbocycles. The summed E-state index contributed by atoms with van der Waals surface area (Å²) in [5, 5.41) is 3.44. The molecule has 9 heavy (non-hydrogen) atoms. The average molecular weight is 127 g/mol. The van der Waals surface area contributed by atoms with E-state index in [1.807, 2.05) is 0 Å². The first-order valence-electron chi connectivity index (χ1n) is 3.93. The van der Waals surface area contributed by atoms with Gasteiger partial charge in [0.2, 0.25) is 0 Å². The van der Waals surface area contributed by atoms with E-state index >= 15 is 0 Å². The molecule has 1 aliphatic carbocycles.